The van der Waals surface area contributed by atoms with E-state index >= 15 is 0 Å². The molecular weight excluding hydrogens is 228 g/mol. The molecule has 4 heteroatoms. The molecule has 1 heterocycles. The summed E-state index contributed by atoms with van der Waals surface area (Å²) in [7, 11) is 0. The van der Waals surface area contributed by atoms with Gasteiger partial charge in [-0.05, 0) is 38.8 Å². The summed E-state index contributed by atoms with van der Waals surface area (Å²) in [6, 6.07) is 3.60. The van der Waals surface area contributed by atoms with E-state index in [0.29, 0.717) is 24.1 Å². The van der Waals surface area contributed by atoms with Gasteiger partial charge in [-0.3, -0.25) is 9.78 Å². The van der Waals surface area contributed by atoms with Gasteiger partial charge in [-0.25, -0.2) is 0 Å². The molecule has 1 amide bonds. The molecule has 1 aromatic heterocycles. The molecule has 2 N–H and O–H groups in total. The minimum Gasteiger partial charge on any atom is -0.394 e. The van der Waals surface area contributed by atoms with Crippen LogP contribution in [0.4, 0.5) is 0 Å². The Morgan fingerprint density at radius 1 is 1.33 bits per heavy atom. The maximum absolute atomic E-state index is 12.2. The van der Waals surface area contributed by atoms with Crippen molar-refractivity contribution in [1.29, 1.82) is 0 Å². The van der Waals surface area contributed by atoms with E-state index in [-0.39, 0.29) is 12.5 Å². The zero-order valence-corrected chi connectivity index (χ0v) is 11.6. The zero-order chi connectivity index (χ0) is 13.8. The number of nitrogens with zero attached hydrogens (tertiary/aromatic N) is 1. The summed E-state index contributed by atoms with van der Waals surface area (Å²) < 4.78 is 0. The smallest absolute Gasteiger partial charge is 0.253 e. The molecule has 0 saturated carbocycles. The predicted molar refractivity (Wildman–Crippen MR) is 71.6 cm³/mol. The molecule has 18 heavy (non-hydrogen) atoms. The van der Waals surface area contributed by atoms with Crippen molar-refractivity contribution in [1.82, 2.24) is 10.3 Å². The monoisotopic (exact) mass is 250 g/mol. The number of hydrogen-bond donors (Lipinski definition) is 2. The number of aryl methyl sites for hydroxylation is 2. The molecule has 1 rings (SSSR count). The first-order chi connectivity index (χ1) is 8.48. The van der Waals surface area contributed by atoms with Crippen molar-refractivity contribution in [3.05, 3.63) is 29.1 Å². The molecule has 0 aromatic carbocycles. The summed E-state index contributed by atoms with van der Waals surface area (Å²) in [5, 5.41) is 12.4. The third kappa shape index (κ3) is 3.07. The molecule has 0 fully saturated rings. The van der Waals surface area contributed by atoms with Crippen molar-refractivity contribution in [2.45, 2.75) is 46.1 Å². The van der Waals surface area contributed by atoms with E-state index in [4.69, 9.17) is 0 Å². The lowest BCUT2D eigenvalue weighted by Crippen LogP contribution is -2.50. The fourth-order valence-electron chi connectivity index (χ4n) is 1.92. The molecule has 0 radical (unpaired) electrons. The fourth-order valence-corrected chi connectivity index (χ4v) is 1.92. The Morgan fingerprint density at radius 3 is 2.39 bits per heavy atom. The highest BCUT2D eigenvalue weighted by molar-refractivity contribution is 5.95. The Hall–Kier alpha value is -1.42. The van der Waals surface area contributed by atoms with Gasteiger partial charge in [-0.15, -0.1) is 0 Å². The van der Waals surface area contributed by atoms with Gasteiger partial charge in [0.15, 0.2) is 0 Å². The standard InChI is InChI=1S/C14H22N2O2/c1-5-14(6-2,9-17)16-13(18)12-8-7-10(3)15-11(12)4/h7-8,17H,5-6,9H2,1-4H3,(H,16,18). The topological polar surface area (TPSA) is 62.2 Å². The van der Waals surface area contributed by atoms with Crippen LogP contribution in [0.25, 0.3) is 0 Å². The van der Waals surface area contributed by atoms with Gasteiger partial charge in [0, 0.05) is 5.69 Å². The van der Waals surface area contributed by atoms with Gasteiger partial charge < -0.3 is 10.4 Å². The van der Waals surface area contributed by atoms with Crippen LogP contribution in [0.5, 0.6) is 0 Å². The molecule has 0 aliphatic heterocycles. The van der Waals surface area contributed by atoms with Crippen molar-refractivity contribution in [2.24, 2.45) is 0 Å². The molecule has 1 aromatic rings. The van der Waals surface area contributed by atoms with Gasteiger partial charge in [-0.2, -0.15) is 0 Å². The van der Waals surface area contributed by atoms with Gasteiger partial charge in [-0.1, -0.05) is 13.8 Å². The number of carbonyl (C=O) groups is 1. The summed E-state index contributed by atoms with van der Waals surface area (Å²) in [5.41, 5.74) is 1.64. The highest BCUT2D eigenvalue weighted by Gasteiger charge is 2.28. The predicted octanol–water partition coefficient (Wildman–Crippen LogP) is 1.98. The van der Waals surface area contributed by atoms with Crippen molar-refractivity contribution >= 4 is 5.91 Å². The maximum Gasteiger partial charge on any atom is 0.253 e. The van der Waals surface area contributed by atoms with Crippen LogP contribution in [0.3, 0.4) is 0 Å². The molecule has 0 aliphatic carbocycles. The summed E-state index contributed by atoms with van der Waals surface area (Å²) in [6.45, 7) is 7.58. The number of rotatable bonds is 5. The van der Waals surface area contributed by atoms with E-state index in [2.05, 4.69) is 10.3 Å². The van der Waals surface area contributed by atoms with Crippen molar-refractivity contribution < 1.29 is 9.90 Å². The number of aliphatic hydroxyl groups excluding tert-OH is 1. The van der Waals surface area contributed by atoms with Crippen molar-refractivity contribution in [2.75, 3.05) is 6.61 Å². The number of hydrogen-bond acceptors (Lipinski definition) is 3. The molecule has 0 saturated heterocycles. The molecule has 0 bridgehead atoms. The Morgan fingerprint density at radius 2 is 1.94 bits per heavy atom. The van der Waals surface area contributed by atoms with Gasteiger partial charge in [0.25, 0.3) is 5.91 Å². The molecular formula is C14H22N2O2. The van der Waals surface area contributed by atoms with Crippen molar-refractivity contribution in [3.63, 3.8) is 0 Å². The summed E-state index contributed by atoms with van der Waals surface area (Å²) >= 11 is 0. The van der Waals surface area contributed by atoms with E-state index in [1.54, 1.807) is 6.07 Å². The number of carbonyl (C=O) groups excluding carboxylic acids is 1. The largest absolute Gasteiger partial charge is 0.394 e. The molecule has 0 spiro atoms. The number of aromatic nitrogens is 1. The minimum absolute atomic E-state index is 0.0515. The average molecular weight is 250 g/mol. The average Bonchev–Trinajstić information content (AvgIpc) is 2.36. The lowest BCUT2D eigenvalue weighted by atomic mass is 9.93. The van der Waals surface area contributed by atoms with E-state index in [1.165, 1.54) is 0 Å². The fraction of sp³-hybridized carbons (Fsp3) is 0.571. The normalized spacial score (nSPS) is 11.4. The summed E-state index contributed by atoms with van der Waals surface area (Å²) in [4.78, 5) is 16.5. The summed E-state index contributed by atoms with van der Waals surface area (Å²) in [6.07, 6.45) is 1.40. The van der Waals surface area contributed by atoms with E-state index in [0.717, 1.165) is 5.69 Å². The van der Waals surface area contributed by atoms with Crippen LogP contribution in [0, 0.1) is 13.8 Å². The second kappa shape index (κ2) is 5.96. The quantitative estimate of drug-likeness (QED) is 0.840. The Bertz CT molecular complexity index is 418. The van der Waals surface area contributed by atoms with Crippen molar-refractivity contribution in [3.8, 4) is 0 Å². The van der Waals surface area contributed by atoms with Crippen LogP contribution in [-0.4, -0.2) is 28.1 Å². The third-order valence-corrected chi connectivity index (χ3v) is 3.50. The van der Waals surface area contributed by atoms with Gasteiger partial charge in [0.05, 0.1) is 23.4 Å². The van der Waals surface area contributed by atoms with Crippen LogP contribution in [0.15, 0.2) is 12.1 Å². The SMILES string of the molecule is CCC(CC)(CO)NC(=O)c1ccc(C)nc1C. The summed E-state index contributed by atoms with van der Waals surface area (Å²) in [5.74, 6) is -0.169. The Balaban J connectivity index is 2.94. The Labute approximate surface area is 108 Å². The molecule has 0 atom stereocenters. The first kappa shape index (κ1) is 14.6. The first-order valence-electron chi connectivity index (χ1n) is 6.35. The van der Waals surface area contributed by atoms with Crippen LogP contribution in [0.2, 0.25) is 0 Å². The Kier molecular flexibility index (Phi) is 4.84. The van der Waals surface area contributed by atoms with Gasteiger partial charge >= 0.3 is 0 Å². The van der Waals surface area contributed by atoms with Crippen LogP contribution >= 0.6 is 0 Å². The number of nitrogens with one attached hydrogen (secondary N) is 1. The zero-order valence-electron chi connectivity index (χ0n) is 11.6. The van der Waals surface area contributed by atoms with E-state index in [9.17, 15) is 9.90 Å². The van der Waals surface area contributed by atoms with Crippen LogP contribution in [-0.2, 0) is 0 Å². The van der Waals surface area contributed by atoms with Gasteiger partial charge in [0.1, 0.15) is 0 Å². The minimum atomic E-state index is -0.533. The molecule has 100 valence electrons. The second-order valence-corrected chi connectivity index (χ2v) is 4.69. The van der Waals surface area contributed by atoms with Crippen LogP contribution < -0.4 is 5.32 Å². The highest BCUT2D eigenvalue weighted by Crippen LogP contribution is 2.16. The first-order valence-corrected chi connectivity index (χ1v) is 6.35. The van der Waals surface area contributed by atoms with Gasteiger partial charge in [0.2, 0.25) is 0 Å². The second-order valence-electron chi connectivity index (χ2n) is 4.69. The number of amides is 1. The highest BCUT2D eigenvalue weighted by atomic mass is 16.3. The van der Waals surface area contributed by atoms with Crippen LogP contribution in [0.1, 0.15) is 48.4 Å². The maximum atomic E-state index is 12.2. The molecule has 4 nitrogen and oxygen atoms in total. The number of pyridine rings is 1. The molecule has 0 aliphatic rings. The lowest BCUT2D eigenvalue weighted by Gasteiger charge is -2.30. The van der Waals surface area contributed by atoms with E-state index in [1.807, 2.05) is 33.8 Å². The third-order valence-electron chi connectivity index (χ3n) is 3.50. The lowest BCUT2D eigenvalue weighted by molar-refractivity contribution is 0.0817. The van der Waals surface area contributed by atoms with E-state index < -0.39 is 5.54 Å². The molecule has 0 unspecified atom stereocenters. The number of aliphatic hydroxyl groups is 1.